The minimum atomic E-state index is 0.0225. The summed E-state index contributed by atoms with van der Waals surface area (Å²) in [7, 11) is 0. The second-order valence-corrected chi connectivity index (χ2v) is 14.3. The molecule has 10 rings (SSSR count). The summed E-state index contributed by atoms with van der Waals surface area (Å²) < 4.78 is 9.43. The van der Waals surface area contributed by atoms with E-state index in [4.69, 9.17) is 4.42 Å². The van der Waals surface area contributed by atoms with Crippen LogP contribution in [0.3, 0.4) is 0 Å². The maximum atomic E-state index is 6.77. The number of anilines is 3. The van der Waals surface area contributed by atoms with E-state index in [0.717, 1.165) is 24.0 Å². The Morgan fingerprint density at radius 1 is 0.653 bits per heavy atom. The minimum Gasteiger partial charge on any atom is -0.456 e. The Morgan fingerprint density at radius 3 is 2.18 bits per heavy atom. The van der Waals surface area contributed by atoms with Gasteiger partial charge in [-0.05, 0) is 96.6 Å². The first-order chi connectivity index (χ1) is 24.1. The Hall–Kier alpha value is -5.22. The average Bonchev–Trinajstić information content (AvgIpc) is 3.67. The Kier molecular flexibility index (Phi) is 6.40. The molecule has 238 valence electrons. The van der Waals surface area contributed by atoms with Crippen molar-refractivity contribution in [3.63, 3.8) is 0 Å². The van der Waals surface area contributed by atoms with Crippen LogP contribution in [0.4, 0.5) is 17.1 Å². The zero-order valence-corrected chi connectivity index (χ0v) is 28.5. The molecule has 2 aliphatic rings. The van der Waals surface area contributed by atoms with Gasteiger partial charge in [0, 0.05) is 44.1 Å². The molecule has 4 heteroatoms. The number of hydrogen-bond acceptors (Lipinski definition) is 2. The van der Waals surface area contributed by atoms with Gasteiger partial charge in [-0.1, -0.05) is 105 Å². The van der Waals surface area contributed by atoms with Gasteiger partial charge in [0.25, 0.3) is 0 Å². The SMILES string of the molecule is CCCCc1cc(CCCC)cc(N2c3ccc(C)cc3B3c4c(cc5oc6ccccc6c5c42)-c2cccc4c5ccccc5n3c24)c1. The summed E-state index contributed by atoms with van der Waals surface area (Å²) in [5.41, 5.74) is 17.7. The lowest BCUT2D eigenvalue weighted by atomic mass is 9.44. The number of furan rings is 1. The van der Waals surface area contributed by atoms with Crippen LogP contribution < -0.4 is 15.8 Å². The van der Waals surface area contributed by atoms with Crippen LogP contribution in [-0.2, 0) is 12.8 Å². The van der Waals surface area contributed by atoms with E-state index in [2.05, 4.69) is 139 Å². The van der Waals surface area contributed by atoms with E-state index in [0.29, 0.717) is 0 Å². The first-order valence-electron chi connectivity index (χ1n) is 18.2. The summed E-state index contributed by atoms with van der Waals surface area (Å²) in [5, 5.41) is 4.99. The van der Waals surface area contributed by atoms with E-state index in [1.807, 2.05) is 0 Å². The zero-order chi connectivity index (χ0) is 32.8. The molecule has 3 nitrogen and oxygen atoms in total. The second-order valence-electron chi connectivity index (χ2n) is 14.3. The van der Waals surface area contributed by atoms with Crippen molar-refractivity contribution in [3.8, 4) is 11.1 Å². The number of fused-ring (bicyclic) bond motifs is 11. The molecule has 4 heterocycles. The van der Waals surface area contributed by atoms with Crippen LogP contribution >= 0.6 is 0 Å². The number of rotatable bonds is 7. The standard InChI is InChI=1S/C45H39BN2O/c1-4-6-13-29-24-30(14-7-5-2)26-31(25-29)47-39-22-21-28(3)23-37(39)46-43-36(27-41-42(45(43)47)35-16-9-11-20-40(35)49-41)34-18-12-17-33-32-15-8-10-19-38(32)48(46)44(33)34/h8-12,15-27H,4-7,13-14H2,1-3H3. The monoisotopic (exact) mass is 634 g/mol. The molecule has 0 unspecified atom stereocenters. The molecule has 0 amide bonds. The molecule has 6 aromatic carbocycles. The third kappa shape index (κ3) is 4.10. The number of unbranched alkanes of at least 4 members (excludes halogenated alkanes) is 2. The Labute approximate surface area is 287 Å². The fraction of sp³-hybridized carbons (Fsp3) is 0.200. The van der Waals surface area contributed by atoms with Crippen LogP contribution in [0.1, 0.15) is 56.2 Å². The minimum absolute atomic E-state index is 0.0225. The van der Waals surface area contributed by atoms with Crippen molar-refractivity contribution in [1.29, 1.82) is 0 Å². The third-order valence-electron chi connectivity index (χ3n) is 11.1. The van der Waals surface area contributed by atoms with Crippen molar-refractivity contribution in [2.24, 2.45) is 0 Å². The van der Waals surface area contributed by atoms with Crippen molar-refractivity contribution in [2.75, 3.05) is 4.90 Å². The second kappa shape index (κ2) is 10.9. The molecule has 0 atom stereocenters. The number of para-hydroxylation sites is 3. The number of aromatic nitrogens is 1. The predicted molar refractivity (Wildman–Crippen MR) is 209 cm³/mol. The number of aryl methyl sites for hydroxylation is 3. The lowest BCUT2D eigenvalue weighted by molar-refractivity contribution is 0.669. The first kappa shape index (κ1) is 28.8. The quantitative estimate of drug-likeness (QED) is 0.163. The lowest BCUT2D eigenvalue weighted by Crippen LogP contribution is -2.56. The number of hydrogen-bond donors (Lipinski definition) is 0. The van der Waals surface area contributed by atoms with Gasteiger partial charge in [0.2, 0.25) is 0 Å². The molecule has 0 aliphatic carbocycles. The molecule has 0 bridgehead atoms. The molecular formula is C45H39BN2O. The highest BCUT2D eigenvalue weighted by Gasteiger charge is 2.44. The van der Waals surface area contributed by atoms with E-state index in [-0.39, 0.29) is 6.85 Å². The van der Waals surface area contributed by atoms with Gasteiger partial charge in [0.15, 0.2) is 0 Å². The molecule has 2 aromatic heterocycles. The summed E-state index contributed by atoms with van der Waals surface area (Å²) in [6, 6.07) is 41.3. The van der Waals surface area contributed by atoms with Gasteiger partial charge in [0.05, 0.1) is 11.1 Å². The van der Waals surface area contributed by atoms with Crippen molar-refractivity contribution in [1.82, 2.24) is 4.48 Å². The van der Waals surface area contributed by atoms with E-state index < -0.39 is 0 Å². The Morgan fingerprint density at radius 2 is 1.39 bits per heavy atom. The van der Waals surface area contributed by atoms with Gasteiger partial charge in [-0.3, -0.25) is 0 Å². The molecule has 8 aromatic rings. The van der Waals surface area contributed by atoms with E-state index in [9.17, 15) is 0 Å². The van der Waals surface area contributed by atoms with Gasteiger partial charge in [-0.2, -0.15) is 0 Å². The van der Waals surface area contributed by atoms with Crippen molar-refractivity contribution in [2.45, 2.75) is 59.3 Å². The van der Waals surface area contributed by atoms with E-state index in [1.54, 1.807) is 0 Å². The van der Waals surface area contributed by atoms with Crippen molar-refractivity contribution < 1.29 is 4.42 Å². The van der Waals surface area contributed by atoms with Gasteiger partial charge < -0.3 is 13.8 Å². The molecule has 2 aliphatic heterocycles. The molecule has 49 heavy (non-hydrogen) atoms. The van der Waals surface area contributed by atoms with Crippen LogP contribution in [0, 0.1) is 6.92 Å². The van der Waals surface area contributed by atoms with Gasteiger partial charge in [-0.15, -0.1) is 0 Å². The maximum absolute atomic E-state index is 6.77. The number of nitrogens with zero attached hydrogens (tertiary/aromatic N) is 2. The van der Waals surface area contributed by atoms with Crippen LogP contribution in [0.15, 0.2) is 114 Å². The average molecular weight is 635 g/mol. The van der Waals surface area contributed by atoms with E-state index >= 15 is 0 Å². The van der Waals surface area contributed by atoms with Crippen LogP contribution in [0.5, 0.6) is 0 Å². The van der Waals surface area contributed by atoms with Crippen LogP contribution in [0.2, 0.25) is 0 Å². The summed E-state index contributed by atoms with van der Waals surface area (Å²) in [5.74, 6) is 0. The highest BCUT2D eigenvalue weighted by molar-refractivity contribution is 6.90. The number of benzene rings is 6. The highest BCUT2D eigenvalue weighted by atomic mass is 16.3. The van der Waals surface area contributed by atoms with Crippen molar-refractivity contribution in [3.05, 3.63) is 126 Å². The molecule has 0 spiro atoms. The van der Waals surface area contributed by atoms with Crippen LogP contribution in [0.25, 0.3) is 54.9 Å². The normalized spacial score (nSPS) is 13.2. The Balaban J connectivity index is 1.39. The third-order valence-corrected chi connectivity index (χ3v) is 11.1. The summed E-state index contributed by atoms with van der Waals surface area (Å²) in [6.07, 6.45) is 6.96. The first-order valence-corrected chi connectivity index (χ1v) is 18.2. The molecule has 0 fully saturated rings. The van der Waals surface area contributed by atoms with Crippen LogP contribution in [-0.4, -0.2) is 11.3 Å². The molecular weight excluding hydrogens is 595 g/mol. The fourth-order valence-corrected chi connectivity index (χ4v) is 8.98. The van der Waals surface area contributed by atoms with Gasteiger partial charge in [0.1, 0.15) is 11.2 Å². The molecule has 0 saturated carbocycles. The maximum Gasteiger partial charge on any atom is 0.333 e. The summed E-state index contributed by atoms with van der Waals surface area (Å²) >= 11 is 0. The van der Waals surface area contributed by atoms with Crippen molar-refractivity contribution >= 4 is 78.6 Å². The summed E-state index contributed by atoms with van der Waals surface area (Å²) in [6.45, 7) is 6.85. The van der Waals surface area contributed by atoms with Gasteiger partial charge >= 0.3 is 6.85 Å². The zero-order valence-electron chi connectivity index (χ0n) is 28.5. The van der Waals surface area contributed by atoms with Gasteiger partial charge in [-0.25, -0.2) is 0 Å². The molecule has 0 saturated heterocycles. The summed E-state index contributed by atoms with van der Waals surface area (Å²) in [4.78, 5) is 2.61. The smallest absolute Gasteiger partial charge is 0.333 e. The highest BCUT2D eigenvalue weighted by Crippen LogP contribution is 2.50. The fourth-order valence-electron chi connectivity index (χ4n) is 8.98. The Bertz CT molecular complexity index is 2600. The lowest BCUT2D eigenvalue weighted by Gasteiger charge is -2.41. The molecule has 0 N–H and O–H groups in total. The predicted octanol–water partition coefficient (Wildman–Crippen LogP) is 11.1. The van der Waals surface area contributed by atoms with E-state index in [1.165, 1.54) is 114 Å². The molecule has 0 radical (unpaired) electrons. The largest absolute Gasteiger partial charge is 0.456 e. The topological polar surface area (TPSA) is 21.3 Å².